The fourth-order valence-electron chi connectivity index (χ4n) is 1.31. The third kappa shape index (κ3) is 2.05. The molecular weight excluding hydrogens is 216 g/mol. The fraction of sp³-hybridized carbons (Fsp3) is 0.100. The predicted molar refractivity (Wildman–Crippen MR) is 57.3 cm³/mol. The normalized spacial score (nSPS) is 10.5. The number of aromatic amines is 1. The van der Waals surface area contributed by atoms with Gasteiger partial charge in [-0.15, -0.1) is 0 Å². The first-order valence-electron chi connectivity index (χ1n) is 4.38. The lowest BCUT2D eigenvalue weighted by atomic mass is 10.2. The highest BCUT2D eigenvalue weighted by Gasteiger charge is 2.04. The van der Waals surface area contributed by atoms with E-state index in [0.29, 0.717) is 11.6 Å². The summed E-state index contributed by atoms with van der Waals surface area (Å²) in [4.78, 5) is 13.6. The number of hydrogen-bond acceptors (Lipinski definition) is 2. The van der Waals surface area contributed by atoms with E-state index < -0.39 is 0 Å². The molecule has 0 spiro atoms. The Kier molecular flexibility index (Phi) is 2.51. The highest BCUT2D eigenvalue weighted by Crippen LogP contribution is 2.12. The Labute approximate surface area is 90.8 Å². The number of H-pyrrole nitrogens is 1. The maximum Gasteiger partial charge on any atom is 0.328 e. The Balaban J connectivity index is 2.29. The van der Waals surface area contributed by atoms with E-state index in [9.17, 15) is 9.90 Å². The SMILES string of the molecule is O=c1[nH]cc(O)n1Cc1ccc(Cl)cc1. The van der Waals surface area contributed by atoms with Gasteiger partial charge in [-0.3, -0.25) is 4.57 Å². The lowest BCUT2D eigenvalue weighted by Gasteiger charge is -2.02. The number of aromatic nitrogens is 2. The summed E-state index contributed by atoms with van der Waals surface area (Å²) in [6, 6.07) is 7.10. The van der Waals surface area contributed by atoms with Gasteiger partial charge >= 0.3 is 5.69 Å². The van der Waals surface area contributed by atoms with E-state index in [1.165, 1.54) is 10.8 Å². The van der Waals surface area contributed by atoms with E-state index in [4.69, 9.17) is 11.6 Å². The Morgan fingerprint density at radius 2 is 2.00 bits per heavy atom. The van der Waals surface area contributed by atoms with Crippen molar-refractivity contribution in [3.05, 3.63) is 51.5 Å². The lowest BCUT2D eigenvalue weighted by molar-refractivity contribution is 0.421. The second-order valence-electron chi connectivity index (χ2n) is 3.16. The van der Waals surface area contributed by atoms with Crippen LogP contribution in [0.1, 0.15) is 5.56 Å². The first-order chi connectivity index (χ1) is 7.16. The maximum absolute atomic E-state index is 11.2. The molecule has 1 heterocycles. The van der Waals surface area contributed by atoms with Crippen molar-refractivity contribution in [3.8, 4) is 5.88 Å². The van der Waals surface area contributed by atoms with Crippen LogP contribution in [0.25, 0.3) is 0 Å². The Morgan fingerprint density at radius 3 is 2.53 bits per heavy atom. The molecule has 0 amide bonds. The molecule has 0 bridgehead atoms. The molecule has 0 unspecified atom stereocenters. The average Bonchev–Trinajstić information content (AvgIpc) is 2.53. The summed E-state index contributed by atoms with van der Waals surface area (Å²) in [5.74, 6) is -0.0741. The average molecular weight is 225 g/mol. The van der Waals surface area contributed by atoms with Gasteiger partial charge in [-0.05, 0) is 17.7 Å². The maximum atomic E-state index is 11.2. The van der Waals surface area contributed by atoms with Gasteiger partial charge in [0.25, 0.3) is 0 Å². The topological polar surface area (TPSA) is 58.0 Å². The number of benzene rings is 1. The zero-order valence-electron chi connectivity index (χ0n) is 7.77. The number of rotatable bonds is 2. The van der Waals surface area contributed by atoms with E-state index in [1.807, 2.05) is 0 Å². The van der Waals surface area contributed by atoms with Crippen LogP contribution >= 0.6 is 11.6 Å². The second kappa shape index (κ2) is 3.82. The van der Waals surface area contributed by atoms with Crippen LogP contribution in [0.15, 0.2) is 35.3 Å². The molecule has 0 fully saturated rings. The lowest BCUT2D eigenvalue weighted by Crippen LogP contribution is -2.17. The zero-order valence-corrected chi connectivity index (χ0v) is 8.53. The number of imidazole rings is 1. The molecule has 0 aliphatic carbocycles. The quantitative estimate of drug-likeness (QED) is 0.814. The van der Waals surface area contributed by atoms with Gasteiger partial charge < -0.3 is 10.1 Å². The van der Waals surface area contributed by atoms with Crippen LogP contribution in [-0.2, 0) is 6.54 Å². The monoisotopic (exact) mass is 224 g/mol. The summed E-state index contributed by atoms with van der Waals surface area (Å²) in [6.07, 6.45) is 1.26. The zero-order chi connectivity index (χ0) is 10.8. The minimum Gasteiger partial charge on any atom is -0.493 e. The Morgan fingerprint density at radius 1 is 1.33 bits per heavy atom. The van der Waals surface area contributed by atoms with Crippen LogP contribution in [-0.4, -0.2) is 14.7 Å². The standard InChI is InChI=1S/C10H9ClN2O2/c11-8-3-1-7(2-4-8)6-13-9(14)5-12-10(13)15/h1-5,14H,6H2,(H,12,15). The molecule has 0 aliphatic heterocycles. The van der Waals surface area contributed by atoms with Crippen molar-refractivity contribution in [2.24, 2.45) is 0 Å². The summed E-state index contributed by atoms with van der Waals surface area (Å²) >= 11 is 5.73. The van der Waals surface area contributed by atoms with Crippen molar-refractivity contribution in [1.82, 2.24) is 9.55 Å². The largest absolute Gasteiger partial charge is 0.493 e. The fourth-order valence-corrected chi connectivity index (χ4v) is 1.44. The molecule has 0 saturated heterocycles. The summed E-state index contributed by atoms with van der Waals surface area (Å²) < 4.78 is 1.24. The summed E-state index contributed by atoms with van der Waals surface area (Å²) in [7, 11) is 0. The molecule has 1 aromatic carbocycles. The van der Waals surface area contributed by atoms with E-state index in [1.54, 1.807) is 24.3 Å². The summed E-state index contributed by atoms with van der Waals surface area (Å²) in [5.41, 5.74) is 0.568. The molecule has 0 saturated carbocycles. The van der Waals surface area contributed by atoms with Gasteiger partial charge in [0.1, 0.15) is 0 Å². The smallest absolute Gasteiger partial charge is 0.328 e. The molecular formula is C10H9ClN2O2. The number of halogens is 1. The third-order valence-electron chi connectivity index (χ3n) is 2.10. The van der Waals surface area contributed by atoms with Crippen LogP contribution in [0, 0.1) is 0 Å². The molecule has 0 radical (unpaired) electrons. The molecule has 5 heteroatoms. The van der Waals surface area contributed by atoms with Gasteiger partial charge in [-0.1, -0.05) is 23.7 Å². The van der Waals surface area contributed by atoms with Crippen molar-refractivity contribution in [1.29, 1.82) is 0 Å². The van der Waals surface area contributed by atoms with E-state index in [-0.39, 0.29) is 11.6 Å². The molecule has 2 N–H and O–H groups in total. The molecule has 78 valence electrons. The Bertz CT molecular complexity index is 513. The van der Waals surface area contributed by atoms with Crippen molar-refractivity contribution in [2.75, 3.05) is 0 Å². The van der Waals surface area contributed by atoms with Crippen LogP contribution in [0.5, 0.6) is 5.88 Å². The van der Waals surface area contributed by atoms with Crippen molar-refractivity contribution >= 4 is 11.6 Å². The molecule has 2 rings (SSSR count). The molecule has 2 aromatic rings. The number of aromatic hydroxyl groups is 1. The van der Waals surface area contributed by atoms with Crippen LogP contribution < -0.4 is 5.69 Å². The third-order valence-corrected chi connectivity index (χ3v) is 2.35. The second-order valence-corrected chi connectivity index (χ2v) is 3.60. The highest BCUT2D eigenvalue weighted by molar-refractivity contribution is 6.30. The number of hydrogen-bond donors (Lipinski definition) is 2. The van der Waals surface area contributed by atoms with Gasteiger partial charge in [-0.2, -0.15) is 0 Å². The van der Waals surface area contributed by atoms with Gasteiger partial charge in [0, 0.05) is 5.02 Å². The van der Waals surface area contributed by atoms with Crippen LogP contribution in [0.3, 0.4) is 0 Å². The number of nitrogens with one attached hydrogen (secondary N) is 1. The van der Waals surface area contributed by atoms with Crippen molar-refractivity contribution in [3.63, 3.8) is 0 Å². The van der Waals surface area contributed by atoms with Crippen LogP contribution in [0.4, 0.5) is 0 Å². The van der Waals surface area contributed by atoms with Crippen molar-refractivity contribution < 1.29 is 5.11 Å². The minimum atomic E-state index is -0.331. The first-order valence-corrected chi connectivity index (χ1v) is 4.76. The van der Waals surface area contributed by atoms with Gasteiger partial charge in [0.2, 0.25) is 5.88 Å². The van der Waals surface area contributed by atoms with Gasteiger partial charge in [-0.25, -0.2) is 4.79 Å². The number of nitrogens with zero attached hydrogens (tertiary/aromatic N) is 1. The molecule has 4 nitrogen and oxygen atoms in total. The predicted octanol–water partition coefficient (Wildman–Crippen LogP) is 1.58. The minimum absolute atomic E-state index is 0.0741. The Hall–Kier alpha value is -1.68. The summed E-state index contributed by atoms with van der Waals surface area (Å²) in [5, 5.41) is 10.00. The molecule has 0 aliphatic rings. The molecule has 0 atom stereocenters. The first kappa shape index (κ1) is 9.86. The van der Waals surface area contributed by atoms with E-state index >= 15 is 0 Å². The van der Waals surface area contributed by atoms with E-state index in [0.717, 1.165) is 5.56 Å². The molecule has 15 heavy (non-hydrogen) atoms. The highest BCUT2D eigenvalue weighted by atomic mass is 35.5. The van der Waals surface area contributed by atoms with E-state index in [2.05, 4.69) is 4.98 Å². The van der Waals surface area contributed by atoms with Gasteiger partial charge in [0.15, 0.2) is 0 Å². The van der Waals surface area contributed by atoms with Crippen molar-refractivity contribution in [2.45, 2.75) is 6.54 Å². The summed E-state index contributed by atoms with van der Waals surface area (Å²) in [6.45, 7) is 0.325. The van der Waals surface area contributed by atoms with Crippen LogP contribution in [0.2, 0.25) is 5.02 Å². The van der Waals surface area contributed by atoms with Gasteiger partial charge in [0.05, 0.1) is 12.7 Å². The molecule has 1 aromatic heterocycles.